The lowest BCUT2D eigenvalue weighted by molar-refractivity contribution is -0.116. The molecule has 0 radical (unpaired) electrons. The van der Waals surface area contributed by atoms with Crippen LogP contribution in [0.25, 0.3) is 5.57 Å². The molecule has 1 fully saturated rings. The first kappa shape index (κ1) is 18.3. The molecular formula is C20H26ClNO3. The lowest BCUT2D eigenvalue weighted by Crippen LogP contribution is -2.48. The van der Waals surface area contributed by atoms with Gasteiger partial charge >= 0.3 is 0 Å². The minimum atomic E-state index is -0.678. The second-order valence-electron chi connectivity index (χ2n) is 7.48. The van der Waals surface area contributed by atoms with E-state index in [4.69, 9.17) is 16.3 Å². The summed E-state index contributed by atoms with van der Waals surface area (Å²) < 4.78 is 5.29. The van der Waals surface area contributed by atoms with Gasteiger partial charge in [-0.2, -0.15) is 0 Å². The molecule has 2 unspecified atom stereocenters. The minimum Gasteiger partial charge on any atom is -0.509 e. The monoisotopic (exact) mass is 363 g/mol. The first-order valence-electron chi connectivity index (χ1n) is 8.82. The van der Waals surface area contributed by atoms with Gasteiger partial charge in [0.1, 0.15) is 5.76 Å². The number of ether oxygens (including phenoxy) is 1. The number of halogens is 1. The molecule has 1 aliphatic carbocycles. The quantitative estimate of drug-likeness (QED) is 0.844. The van der Waals surface area contributed by atoms with Crippen LogP contribution in [0.3, 0.4) is 0 Å². The van der Waals surface area contributed by atoms with Gasteiger partial charge in [0.05, 0.1) is 11.1 Å². The fraction of sp³-hybridized carbons (Fsp3) is 0.550. The van der Waals surface area contributed by atoms with E-state index in [0.717, 1.165) is 36.0 Å². The number of benzene rings is 1. The number of rotatable bonds is 3. The fourth-order valence-corrected chi connectivity index (χ4v) is 4.75. The standard InChI is InChI=1S/C20H26ClNO3/c1-11-8-15(21)16(13(3)12(11)2)17-18(23)20(22-19(17)24)7-5-6-14(9-20)10-25-4/h8,14,23H,5-7,9-10H2,1-4H3,(H,22,24). The van der Waals surface area contributed by atoms with E-state index in [1.807, 2.05) is 26.8 Å². The van der Waals surface area contributed by atoms with Gasteiger partial charge in [0.2, 0.25) is 0 Å². The van der Waals surface area contributed by atoms with Gasteiger partial charge < -0.3 is 15.2 Å². The van der Waals surface area contributed by atoms with Gasteiger partial charge in [0.15, 0.2) is 0 Å². The number of aryl methyl sites for hydroxylation is 1. The molecule has 0 saturated heterocycles. The molecule has 4 nitrogen and oxygen atoms in total. The molecule has 136 valence electrons. The Bertz CT molecular complexity index is 754. The lowest BCUT2D eigenvalue weighted by Gasteiger charge is -2.37. The average Bonchev–Trinajstić information content (AvgIpc) is 2.77. The highest BCUT2D eigenvalue weighted by Gasteiger charge is 2.49. The highest BCUT2D eigenvalue weighted by molar-refractivity contribution is 6.36. The summed E-state index contributed by atoms with van der Waals surface area (Å²) in [6.07, 6.45) is 3.45. The van der Waals surface area contributed by atoms with Crippen LogP contribution in [0.15, 0.2) is 11.8 Å². The molecule has 1 spiro atoms. The van der Waals surface area contributed by atoms with Gasteiger partial charge in [0.25, 0.3) is 5.91 Å². The fourth-order valence-electron chi connectivity index (χ4n) is 4.35. The largest absolute Gasteiger partial charge is 0.509 e. The van der Waals surface area contributed by atoms with E-state index in [9.17, 15) is 9.90 Å². The smallest absolute Gasteiger partial charge is 0.256 e. The Labute approximate surface area is 154 Å². The lowest BCUT2D eigenvalue weighted by atomic mass is 9.75. The number of aliphatic hydroxyl groups excluding tert-OH is 1. The molecule has 5 heteroatoms. The van der Waals surface area contributed by atoms with Crippen LogP contribution in [0.4, 0.5) is 0 Å². The number of methoxy groups -OCH3 is 1. The predicted octanol–water partition coefficient (Wildman–Crippen LogP) is 4.24. The summed E-state index contributed by atoms with van der Waals surface area (Å²) in [4.78, 5) is 12.8. The second kappa shape index (κ2) is 6.65. The Balaban J connectivity index is 2.09. The zero-order valence-electron chi connectivity index (χ0n) is 15.3. The summed E-state index contributed by atoms with van der Waals surface area (Å²) in [6.45, 7) is 6.61. The number of amides is 1. The third kappa shape index (κ3) is 2.96. The highest BCUT2D eigenvalue weighted by atomic mass is 35.5. The number of nitrogens with one attached hydrogen (secondary N) is 1. The van der Waals surface area contributed by atoms with Crippen LogP contribution in [0.2, 0.25) is 5.02 Å². The molecular weight excluding hydrogens is 338 g/mol. The zero-order valence-corrected chi connectivity index (χ0v) is 16.1. The molecule has 3 rings (SSSR count). The summed E-state index contributed by atoms with van der Waals surface area (Å²) in [5.41, 5.74) is 3.44. The van der Waals surface area contributed by atoms with E-state index < -0.39 is 5.54 Å². The van der Waals surface area contributed by atoms with Crippen LogP contribution in [0.5, 0.6) is 0 Å². The summed E-state index contributed by atoms with van der Waals surface area (Å²) in [7, 11) is 1.69. The number of aliphatic hydroxyl groups is 1. The molecule has 25 heavy (non-hydrogen) atoms. The van der Waals surface area contributed by atoms with Gasteiger partial charge in [0, 0.05) is 24.3 Å². The molecule has 2 atom stereocenters. The Hall–Kier alpha value is -1.52. The molecule has 1 aromatic rings. The van der Waals surface area contributed by atoms with Crippen molar-refractivity contribution in [3.63, 3.8) is 0 Å². The van der Waals surface area contributed by atoms with Crippen molar-refractivity contribution in [1.29, 1.82) is 0 Å². The minimum absolute atomic E-state index is 0.145. The van der Waals surface area contributed by atoms with Crippen molar-refractivity contribution in [2.45, 2.75) is 52.0 Å². The third-order valence-electron chi connectivity index (χ3n) is 5.89. The second-order valence-corrected chi connectivity index (χ2v) is 7.89. The van der Waals surface area contributed by atoms with Crippen molar-refractivity contribution in [2.24, 2.45) is 5.92 Å². The average molecular weight is 364 g/mol. The molecule has 0 bridgehead atoms. The van der Waals surface area contributed by atoms with Gasteiger partial charge in [-0.3, -0.25) is 4.79 Å². The first-order valence-corrected chi connectivity index (χ1v) is 9.20. The first-order chi connectivity index (χ1) is 11.8. The van der Waals surface area contributed by atoms with Crippen molar-refractivity contribution in [2.75, 3.05) is 13.7 Å². The molecule has 1 amide bonds. The van der Waals surface area contributed by atoms with Crippen LogP contribution < -0.4 is 5.32 Å². The van der Waals surface area contributed by atoms with Crippen molar-refractivity contribution in [3.05, 3.63) is 39.1 Å². The van der Waals surface area contributed by atoms with Crippen LogP contribution in [-0.2, 0) is 9.53 Å². The SMILES string of the molecule is COCC1CCCC2(C1)NC(=O)C(c1c(Cl)cc(C)c(C)c1C)=C2O. The zero-order chi connectivity index (χ0) is 18.4. The van der Waals surface area contributed by atoms with E-state index >= 15 is 0 Å². The Kier molecular flexibility index (Phi) is 4.86. The Morgan fingerprint density at radius 2 is 2.08 bits per heavy atom. The van der Waals surface area contributed by atoms with Gasteiger partial charge in [-0.1, -0.05) is 18.0 Å². The molecule has 1 heterocycles. The van der Waals surface area contributed by atoms with Gasteiger partial charge in [-0.25, -0.2) is 0 Å². The number of carbonyl (C=O) groups is 1. The van der Waals surface area contributed by atoms with Crippen LogP contribution in [-0.4, -0.2) is 30.3 Å². The molecule has 1 saturated carbocycles. The summed E-state index contributed by atoms with van der Waals surface area (Å²) in [5, 5.41) is 14.7. The van der Waals surface area contributed by atoms with Crippen LogP contribution in [0, 0.1) is 26.7 Å². The predicted molar refractivity (Wildman–Crippen MR) is 99.9 cm³/mol. The summed E-state index contributed by atoms with van der Waals surface area (Å²) in [6, 6.07) is 1.87. The van der Waals surface area contributed by atoms with E-state index in [1.165, 1.54) is 0 Å². The summed E-state index contributed by atoms with van der Waals surface area (Å²) in [5.74, 6) is 0.243. The van der Waals surface area contributed by atoms with E-state index in [2.05, 4.69) is 5.32 Å². The highest BCUT2D eigenvalue weighted by Crippen LogP contribution is 2.45. The topological polar surface area (TPSA) is 58.6 Å². The van der Waals surface area contributed by atoms with E-state index in [1.54, 1.807) is 7.11 Å². The Morgan fingerprint density at radius 3 is 2.76 bits per heavy atom. The molecule has 1 aromatic carbocycles. The number of hydrogen-bond acceptors (Lipinski definition) is 3. The van der Waals surface area contributed by atoms with E-state index in [0.29, 0.717) is 35.1 Å². The Morgan fingerprint density at radius 1 is 1.36 bits per heavy atom. The molecule has 2 aliphatic rings. The van der Waals surface area contributed by atoms with Crippen molar-refractivity contribution < 1.29 is 14.6 Å². The number of hydrogen-bond donors (Lipinski definition) is 2. The van der Waals surface area contributed by atoms with Crippen LogP contribution >= 0.6 is 11.6 Å². The van der Waals surface area contributed by atoms with Gasteiger partial charge in [-0.05, 0) is 68.7 Å². The molecule has 2 N–H and O–H groups in total. The van der Waals surface area contributed by atoms with Crippen molar-refractivity contribution in [1.82, 2.24) is 5.32 Å². The van der Waals surface area contributed by atoms with E-state index in [-0.39, 0.29) is 11.7 Å². The normalized spacial score (nSPS) is 26.4. The maximum Gasteiger partial charge on any atom is 0.256 e. The maximum absolute atomic E-state index is 12.8. The van der Waals surface area contributed by atoms with Crippen molar-refractivity contribution >= 4 is 23.1 Å². The molecule has 1 aliphatic heterocycles. The van der Waals surface area contributed by atoms with Gasteiger partial charge in [-0.15, -0.1) is 0 Å². The molecule has 0 aromatic heterocycles. The third-order valence-corrected chi connectivity index (χ3v) is 6.18. The number of carbonyl (C=O) groups excluding carboxylic acids is 1. The van der Waals surface area contributed by atoms with Crippen LogP contribution in [0.1, 0.15) is 47.9 Å². The maximum atomic E-state index is 12.8. The van der Waals surface area contributed by atoms with Crippen molar-refractivity contribution in [3.8, 4) is 0 Å². The summed E-state index contributed by atoms with van der Waals surface area (Å²) >= 11 is 6.48.